The molecular formula is C25H25N3O4. The maximum absolute atomic E-state index is 13.1. The second kappa shape index (κ2) is 10.5. The molecule has 1 N–H and O–H groups in total. The molecule has 3 aromatic carbocycles. The molecule has 0 fully saturated rings. The molecule has 164 valence electrons. The van der Waals surface area contributed by atoms with Crippen LogP contribution in [0.5, 0.6) is 0 Å². The van der Waals surface area contributed by atoms with Crippen LogP contribution in [0.2, 0.25) is 0 Å². The number of benzene rings is 3. The number of nitro groups is 1. The number of anilines is 1. The van der Waals surface area contributed by atoms with Crippen LogP contribution in [0, 0.1) is 10.1 Å². The number of carbonyl (C=O) groups excluding carboxylic acids is 2. The number of hydrogen-bond donors (Lipinski definition) is 1. The van der Waals surface area contributed by atoms with Crippen LogP contribution in [0.4, 0.5) is 11.4 Å². The lowest BCUT2D eigenvalue weighted by Gasteiger charge is -2.22. The van der Waals surface area contributed by atoms with Gasteiger partial charge in [0.15, 0.2) is 5.78 Å². The van der Waals surface area contributed by atoms with Crippen molar-refractivity contribution < 1.29 is 14.5 Å². The van der Waals surface area contributed by atoms with E-state index in [0.29, 0.717) is 11.3 Å². The highest BCUT2D eigenvalue weighted by molar-refractivity contribution is 6.14. The van der Waals surface area contributed by atoms with Gasteiger partial charge in [-0.05, 0) is 25.0 Å². The Morgan fingerprint density at radius 1 is 1.00 bits per heavy atom. The summed E-state index contributed by atoms with van der Waals surface area (Å²) >= 11 is 0. The van der Waals surface area contributed by atoms with Gasteiger partial charge in [-0.1, -0.05) is 60.7 Å². The second-order valence-electron chi connectivity index (χ2n) is 7.58. The van der Waals surface area contributed by atoms with E-state index in [0.717, 1.165) is 6.42 Å². The highest BCUT2D eigenvalue weighted by Gasteiger charge is 2.23. The van der Waals surface area contributed by atoms with Gasteiger partial charge in [-0.3, -0.25) is 19.7 Å². The van der Waals surface area contributed by atoms with Crippen LogP contribution in [-0.4, -0.2) is 36.2 Å². The number of carbonyl (C=O) groups is 2. The maximum atomic E-state index is 13.1. The molecule has 0 spiro atoms. The van der Waals surface area contributed by atoms with Crippen LogP contribution < -0.4 is 10.2 Å². The summed E-state index contributed by atoms with van der Waals surface area (Å²) in [5, 5.41) is 14.5. The Labute approximate surface area is 186 Å². The molecule has 0 aromatic heterocycles. The van der Waals surface area contributed by atoms with Crippen LogP contribution in [-0.2, 0) is 11.2 Å². The first-order valence-electron chi connectivity index (χ1n) is 10.3. The van der Waals surface area contributed by atoms with Gasteiger partial charge < -0.3 is 10.2 Å². The molecule has 1 atom stereocenters. The van der Waals surface area contributed by atoms with Gasteiger partial charge in [-0.25, -0.2) is 0 Å². The highest BCUT2D eigenvalue weighted by atomic mass is 16.6. The summed E-state index contributed by atoms with van der Waals surface area (Å²) in [6.45, 7) is 2.07. The Morgan fingerprint density at radius 3 is 2.25 bits per heavy atom. The Morgan fingerprint density at radius 2 is 1.62 bits per heavy atom. The lowest BCUT2D eigenvalue weighted by atomic mass is 10.0. The van der Waals surface area contributed by atoms with Gasteiger partial charge in [-0.15, -0.1) is 0 Å². The van der Waals surface area contributed by atoms with Crippen LogP contribution in [0.25, 0.3) is 0 Å². The van der Waals surface area contributed by atoms with E-state index in [4.69, 9.17) is 0 Å². The number of amides is 1. The van der Waals surface area contributed by atoms with Crippen molar-refractivity contribution in [2.45, 2.75) is 19.4 Å². The maximum Gasteiger partial charge on any atom is 0.270 e. The van der Waals surface area contributed by atoms with Gasteiger partial charge in [0.05, 0.1) is 22.7 Å². The first kappa shape index (κ1) is 22.8. The summed E-state index contributed by atoms with van der Waals surface area (Å²) in [4.78, 5) is 38.0. The third-order valence-corrected chi connectivity index (χ3v) is 5.19. The summed E-state index contributed by atoms with van der Waals surface area (Å²) in [6, 6.07) is 22.5. The van der Waals surface area contributed by atoms with Gasteiger partial charge in [-0.2, -0.15) is 0 Å². The molecule has 3 aromatic rings. The smallest absolute Gasteiger partial charge is 0.270 e. The minimum Gasteiger partial charge on any atom is -0.314 e. The van der Waals surface area contributed by atoms with Crippen LogP contribution in [0.15, 0.2) is 78.9 Å². The average molecular weight is 431 g/mol. The fourth-order valence-electron chi connectivity index (χ4n) is 3.41. The molecule has 0 saturated carbocycles. The fraction of sp³-hybridized carbons (Fsp3) is 0.200. The molecule has 0 bridgehead atoms. The molecule has 7 heteroatoms. The number of nitro benzene ring substituents is 1. The van der Waals surface area contributed by atoms with E-state index in [1.165, 1.54) is 28.7 Å². The van der Waals surface area contributed by atoms with E-state index < -0.39 is 4.92 Å². The zero-order valence-electron chi connectivity index (χ0n) is 18.0. The molecule has 1 amide bonds. The lowest BCUT2D eigenvalue weighted by molar-refractivity contribution is -0.384. The van der Waals surface area contributed by atoms with Gasteiger partial charge in [0.25, 0.3) is 5.69 Å². The molecular weight excluding hydrogens is 406 g/mol. The molecule has 0 aliphatic rings. The molecule has 0 aliphatic carbocycles. The minimum absolute atomic E-state index is 0.0667. The Balaban J connectivity index is 1.77. The van der Waals surface area contributed by atoms with Crippen molar-refractivity contribution in [2.75, 3.05) is 18.5 Å². The number of hydrogen-bond acceptors (Lipinski definition) is 5. The summed E-state index contributed by atoms with van der Waals surface area (Å²) in [6.07, 6.45) is 0.771. The fourth-order valence-corrected chi connectivity index (χ4v) is 3.41. The van der Waals surface area contributed by atoms with Gasteiger partial charge in [0, 0.05) is 30.8 Å². The van der Waals surface area contributed by atoms with E-state index >= 15 is 0 Å². The summed E-state index contributed by atoms with van der Waals surface area (Å²) in [5.41, 5.74) is 1.79. The largest absolute Gasteiger partial charge is 0.314 e. The first-order valence-corrected chi connectivity index (χ1v) is 10.3. The van der Waals surface area contributed by atoms with Crippen molar-refractivity contribution >= 4 is 23.1 Å². The van der Waals surface area contributed by atoms with Crippen molar-refractivity contribution in [3.05, 3.63) is 106 Å². The first-order chi connectivity index (χ1) is 15.4. The molecule has 3 rings (SSSR count). The van der Waals surface area contributed by atoms with Crippen molar-refractivity contribution in [3.8, 4) is 0 Å². The molecule has 0 saturated heterocycles. The third kappa shape index (κ3) is 5.65. The Bertz CT molecular complexity index is 1100. The van der Waals surface area contributed by atoms with E-state index in [2.05, 4.69) is 5.32 Å². The number of nitrogens with one attached hydrogen (secondary N) is 1. The zero-order valence-corrected chi connectivity index (χ0v) is 18.0. The quantitative estimate of drug-likeness (QED) is 0.314. The zero-order chi connectivity index (χ0) is 23.1. The molecule has 0 heterocycles. The van der Waals surface area contributed by atoms with Crippen molar-refractivity contribution in [1.29, 1.82) is 0 Å². The van der Waals surface area contributed by atoms with Crippen LogP contribution in [0.3, 0.4) is 0 Å². The average Bonchev–Trinajstić information content (AvgIpc) is 2.82. The van der Waals surface area contributed by atoms with Crippen molar-refractivity contribution in [2.24, 2.45) is 0 Å². The number of likely N-dealkylation sites (N-methyl/N-ethyl adjacent to an activating group) is 1. The van der Waals surface area contributed by atoms with Crippen LogP contribution in [0.1, 0.15) is 28.4 Å². The van der Waals surface area contributed by atoms with Crippen LogP contribution >= 0.6 is 0 Å². The lowest BCUT2D eigenvalue weighted by Crippen LogP contribution is -2.40. The minimum atomic E-state index is -0.555. The predicted molar refractivity (Wildman–Crippen MR) is 124 cm³/mol. The monoisotopic (exact) mass is 431 g/mol. The topological polar surface area (TPSA) is 92.6 Å². The SMILES string of the molecule is CC(Cc1ccccc1)NCC(=O)N(C)c1ccc([N+](=O)[O-])cc1C(=O)c1ccccc1. The van der Waals surface area contributed by atoms with Crippen molar-refractivity contribution in [1.82, 2.24) is 5.32 Å². The molecule has 0 radical (unpaired) electrons. The van der Waals surface area contributed by atoms with E-state index in [9.17, 15) is 19.7 Å². The number of ketones is 1. The number of nitrogens with zero attached hydrogens (tertiary/aromatic N) is 2. The molecule has 0 aliphatic heterocycles. The predicted octanol–water partition coefficient (Wildman–Crippen LogP) is 4.01. The summed E-state index contributed by atoms with van der Waals surface area (Å²) < 4.78 is 0. The Kier molecular flexibility index (Phi) is 7.46. The van der Waals surface area contributed by atoms with Gasteiger partial charge in [0.1, 0.15) is 0 Å². The molecule has 1 unspecified atom stereocenters. The van der Waals surface area contributed by atoms with Crippen molar-refractivity contribution in [3.63, 3.8) is 0 Å². The van der Waals surface area contributed by atoms with E-state index in [1.54, 1.807) is 37.4 Å². The van der Waals surface area contributed by atoms with E-state index in [-0.39, 0.29) is 35.5 Å². The third-order valence-electron chi connectivity index (χ3n) is 5.19. The summed E-state index contributed by atoms with van der Waals surface area (Å²) in [7, 11) is 1.56. The van der Waals surface area contributed by atoms with Gasteiger partial charge in [0.2, 0.25) is 5.91 Å². The normalized spacial score (nSPS) is 11.6. The van der Waals surface area contributed by atoms with Gasteiger partial charge >= 0.3 is 0 Å². The molecule has 7 nitrogen and oxygen atoms in total. The molecule has 32 heavy (non-hydrogen) atoms. The Hall–Kier alpha value is -3.84. The number of rotatable bonds is 9. The second-order valence-corrected chi connectivity index (χ2v) is 7.58. The highest BCUT2D eigenvalue weighted by Crippen LogP contribution is 2.27. The summed E-state index contributed by atoms with van der Waals surface area (Å²) in [5.74, 6) is -0.629. The van der Waals surface area contributed by atoms with E-state index in [1.807, 2.05) is 37.3 Å². The number of non-ortho nitro benzene ring substituents is 1. The standard InChI is InChI=1S/C25H25N3O4/c1-18(15-19-9-5-3-6-10-19)26-17-24(29)27(2)23-14-13-21(28(31)32)16-22(23)25(30)20-11-7-4-8-12-20/h3-14,16,18,26H,15,17H2,1-2H3.